The number of nitrogens with one attached hydrogen (secondary N) is 1. The summed E-state index contributed by atoms with van der Waals surface area (Å²) in [6.07, 6.45) is 3.20. The molecule has 0 aromatic heterocycles. The topological polar surface area (TPSA) is 12.0 Å². The Bertz CT molecular complexity index is 352. The van der Waals surface area contributed by atoms with Crippen LogP contribution in [0.5, 0.6) is 0 Å². The first-order valence-electron chi connectivity index (χ1n) is 6.16. The molecule has 17 heavy (non-hydrogen) atoms. The second-order valence-electron chi connectivity index (χ2n) is 4.83. The van der Waals surface area contributed by atoms with Crippen LogP contribution in [0.2, 0.25) is 5.02 Å². The van der Waals surface area contributed by atoms with Crippen molar-refractivity contribution < 1.29 is 4.39 Å². The van der Waals surface area contributed by atoms with Crippen molar-refractivity contribution >= 4 is 11.6 Å². The van der Waals surface area contributed by atoms with Crippen LogP contribution in [0.1, 0.15) is 44.7 Å². The molecule has 1 nitrogen and oxygen atoms in total. The molecular formula is C14H21ClFN. The van der Waals surface area contributed by atoms with Gasteiger partial charge in [-0.1, -0.05) is 38.3 Å². The van der Waals surface area contributed by atoms with E-state index in [1.165, 1.54) is 12.5 Å². The fourth-order valence-electron chi connectivity index (χ4n) is 1.97. The maximum atomic E-state index is 13.7. The first kappa shape index (κ1) is 14.5. The van der Waals surface area contributed by atoms with Crippen LogP contribution in [-0.2, 0) is 0 Å². The molecule has 0 aliphatic carbocycles. The summed E-state index contributed by atoms with van der Waals surface area (Å²) in [5, 5.41) is 3.75. The Morgan fingerprint density at radius 3 is 2.59 bits per heavy atom. The van der Waals surface area contributed by atoms with Gasteiger partial charge < -0.3 is 5.32 Å². The predicted octanol–water partition coefficient (Wildman–Crippen LogP) is 4.57. The van der Waals surface area contributed by atoms with E-state index in [1.807, 2.05) is 7.05 Å². The van der Waals surface area contributed by atoms with E-state index in [4.69, 9.17) is 11.6 Å². The Hall–Kier alpha value is -0.600. The van der Waals surface area contributed by atoms with Gasteiger partial charge in [0.25, 0.3) is 0 Å². The lowest BCUT2D eigenvalue weighted by atomic mass is 9.98. The molecule has 0 fully saturated rings. The van der Waals surface area contributed by atoms with Gasteiger partial charge in [0.1, 0.15) is 5.82 Å². The average Bonchev–Trinajstić information content (AvgIpc) is 2.28. The summed E-state index contributed by atoms with van der Waals surface area (Å²) in [7, 11) is 1.86. The summed E-state index contributed by atoms with van der Waals surface area (Å²) in [6, 6.07) is 4.78. The predicted molar refractivity (Wildman–Crippen MR) is 71.9 cm³/mol. The molecule has 0 bridgehead atoms. The van der Waals surface area contributed by atoms with E-state index in [2.05, 4.69) is 19.2 Å². The number of halogens is 2. The maximum absolute atomic E-state index is 13.7. The van der Waals surface area contributed by atoms with Crippen molar-refractivity contribution in [2.75, 3.05) is 7.05 Å². The van der Waals surface area contributed by atoms with Gasteiger partial charge in [0.05, 0.1) is 0 Å². The van der Waals surface area contributed by atoms with Gasteiger partial charge in [-0.15, -0.1) is 0 Å². The van der Waals surface area contributed by atoms with Gasteiger partial charge in [-0.25, -0.2) is 4.39 Å². The number of benzene rings is 1. The third-order valence-electron chi connectivity index (χ3n) is 2.96. The van der Waals surface area contributed by atoms with Crippen molar-refractivity contribution in [1.82, 2.24) is 5.32 Å². The Morgan fingerprint density at radius 1 is 1.29 bits per heavy atom. The SMILES string of the molecule is CNC(CCCC(C)C)c1cc(Cl)ccc1F. The van der Waals surface area contributed by atoms with Crippen molar-refractivity contribution in [1.29, 1.82) is 0 Å². The molecule has 1 aromatic rings. The summed E-state index contributed by atoms with van der Waals surface area (Å²) < 4.78 is 13.7. The van der Waals surface area contributed by atoms with Crippen LogP contribution in [0.4, 0.5) is 4.39 Å². The second kappa shape index (κ2) is 6.97. The zero-order valence-electron chi connectivity index (χ0n) is 10.8. The van der Waals surface area contributed by atoms with E-state index in [0.29, 0.717) is 16.5 Å². The Labute approximate surface area is 108 Å². The monoisotopic (exact) mass is 257 g/mol. The molecule has 1 rings (SSSR count). The molecule has 0 aliphatic rings. The Kier molecular flexibility index (Phi) is 5.93. The van der Waals surface area contributed by atoms with Crippen molar-refractivity contribution in [2.24, 2.45) is 5.92 Å². The van der Waals surface area contributed by atoms with Crippen LogP contribution in [0, 0.1) is 11.7 Å². The van der Waals surface area contributed by atoms with Gasteiger partial charge in [0, 0.05) is 16.6 Å². The average molecular weight is 258 g/mol. The van der Waals surface area contributed by atoms with E-state index in [1.54, 1.807) is 12.1 Å². The molecule has 96 valence electrons. The number of rotatable bonds is 6. The van der Waals surface area contributed by atoms with E-state index in [0.717, 1.165) is 12.8 Å². The lowest BCUT2D eigenvalue weighted by molar-refractivity contribution is 0.456. The van der Waals surface area contributed by atoms with E-state index < -0.39 is 0 Å². The second-order valence-corrected chi connectivity index (χ2v) is 5.27. The number of hydrogen-bond acceptors (Lipinski definition) is 1. The molecule has 0 heterocycles. The maximum Gasteiger partial charge on any atom is 0.128 e. The molecule has 1 atom stereocenters. The largest absolute Gasteiger partial charge is 0.313 e. The molecule has 1 unspecified atom stereocenters. The third kappa shape index (κ3) is 4.64. The van der Waals surface area contributed by atoms with Crippen LogP contribution in [0.25, 0.3) is 0 Å². The third-order valence-corrected chi connectivity index (χ3v) is 3.19. The quantitative estimate of drug-likeness (QED) is 0.787. The summed E-state index contributed by atoms with van der Waals surface area (Å²) in [6.45, 7) is 4.41. The van der Waals surface area contributed by atoms with Crippen LogP contribution in [0.3, 0.4) is 0 Å². The highest BCUT2D eigenvalue weighted by molar-refractivity contribution is 6.30. The van der Waals surface area contributed by atoms with Gasteiger partial charge in [0.2, 0.25) is 0 Å². The first-order valence-corrected chi connectivity index (χ1v) is 6.54. The summed E-state index contributed by atoms with van der Waals surface area (Å²) in [4.78, 5) is 0. The van der Waals surface area contributed by atoms with Crippen LogP contribution < -0.4 is 5.32 Å². The smallest absolute Gasteiger partial charge is 0.128 e. The van der Waals surface area contributed by atoms with Gasteiger partial charge in [-0.2, -0.15) is 0 Å². The van der Waals surface area contributed by atoms with E-state index in [-0.39, 0.29) is 11.9 Å². The van der Waals surface area contributed by atoms with E-state index >= 15 is 0 Å². The minimum absolute atomic E-state index is 0.0486. The molecule has 1 aromatic carbocycles. The van der Waals surface area contributed by atoms with Gasteiger partial charge >= 0.3 is 0 Å². The molecule has 0 spiro atoms. The molecular weight excluding hydrogens is 237 g/mol. The molecule has 0 aliphatic heterocycles. The van der Waals surface area contributed by atoms with Crippen LogP contribution in [-0.4, -0.2) is 7.05 Å². The standard InChI is InChI=1S/C14H21ClFN/c1-10(2)5-4-6-14(17-3)12-9-11(15)7-8-13(12)16/h7-10,14,17H,4-6H2,1-3H3. The van der Waals surface area contributed by atoms with Crippen molar-refractivity contribution in [3.8, 4) is 0 Å². The normalized spacial score (nSPS) is 13.1. The van der Waals surface area contributed by atoms with Gasteiger partial charge in [-0.3, -0.25) is 0 Å². The zero-order chi connectivity index (χ0) is 12.8. The minimum Gasteiger partial charge on any atom is -0.313 e. The molecule has 0 amide bonds. The van der Waals surface area contributed by atoms with Crippen molar-refractivity contribution in [3.05, 3.63) is 34.6 Å². The molecule has 3 heteroatoms. The molecule has 0 radical (unpaired) electrons. The minimum atomic E-state index is -0.182. The van der Waals surface area contributed by atoms with Crippen LogP contribution >= 0.6 is 11.6 Å². The van der Waals surface area contributed by atoms with E-state index in [9.17, 15) is 4.39 Å². The summed E-state index contributed by atoms with van der Waals surface area (Å²) >= 11 is 5.91. The fraction of sp³-hybridized carbons (Fsp3) is 0.571. The van der Waals surface area contributed by atoms with Gasteiger partial charge in [0.15, 0.2) is 0 Å². The van der Waals surface area contributed by atoms with Crippen molar-refractivity contribution in [2.45, 2.75) is 39.2 Å². The highest BCUT2D eigenvalue weighted by Gasteiger charge is 2.14. The highest BCUT2D eigenvalue weighted by atomic mass is 35.5. The lowest BCUT2D eigenvalue weighted by Gasteiger charge is -2.18. The van der Waals surface area contributed by atoms with Crippen molar-refractivity contribution in [3.63, 3.8) is 0 Å². The van der Waals surface area contributed by atoms with Gasteiger partial charge in [-0.05, 0) is 37.6 Å². The molecule has 0 saturated carbocycles. The lowest BCUT2D eigenvalue weighted by Crippen LogP contribution is -2.17. The zero-order valence-corrected chi connectivity index (χ0v) is 11.5. The molecule has 1 N–H and O–H groups in total. The summed E-state index contributed by atoms with van der Waals surface area (Å²) in [5.74, 6) is 0.509. The number of hydrogen-bond donors (Lipinski definition) is 1. The highest BCUT2D eigenvalue weighted by Crippen LogP contribution is 2.25. The summed E-state index contributed by atoms with van der Waals surface area (Å²) in [5.41, 5.74) is 0.670. The Morgan fingerprint density at radius 2 is 2.00 bits per heavy atom. The van der Waals surface area contributed by atoms with Crippen LogP contribution in [0.15, 0.2) is 18.2 Å². The molecule has 0 saturated heterocycles. The first-order chi connectivity index (χ1) is 8.04. The fourth-order valence-corrected chi connectivity index (χ4v) is 2.15. The Balaban J connectivity index is 2.68.